The van der Waals surface area contributed by atoms with Gasteiger partial charge in [0.15, 0.2) is 6.61 Å². The first-order chi connectivity index (χ1) is 11.3. The van der Waals surface area contributed by atoms with Gasteiger partial charge in [-0.2, -0.15) is 4.31 Å². The van der Waals surface area contributed by atoms with E-state index in [1.165, 1.54) is 22.5 Å². The second-order valence-electron chi connectivity index (χ2n) is 5.87. The van der Waals surface area contributed by atoms with Crippen LogP contribution >= 0.6 is 11.6 Å². The van der Waals surface area contributed by atoms with Gasteiger partial charge in [-0.3, -0.25) is 4.79 Å². The first kappa shape index (κ1) is 19.0. The Hall–Kier alpha value is -1.31. The van der Waals surface area contributed by atoms with Crippen molar-refractivity contribution in [2.75, 3.05) is 19.7 Å². The van der Waals surface area contributed by atoms with Gasteiger partial charge >= 0.3 is 0 Å². The predicted octanol–water partition coefficient (Wildman–Crippen LogP) is 2.42. The number of benzene rings is 1. The topological polar surface area (TPSA) is 75.7 Å². The summed E-state index contributed by atoms with van der Waals surface area (Å²) in [6.45, 7) is 4.79. The SMILES string of the molecule is CC[C@@H](C)NC(=O)COc1ccc(S(=O)(=O)N2CCCC2)cc1Cl. The molecule has 8 heteroatoms. The Morgan fingerprint density at radius 2 is 2.04 bits per heavy atom. The molecule has 0 aliphatic carbocycles. The van der Waals surface area contributed by atoms with Crippen molar-refractivity contribution >= 4 is 27.5 Å². The molecule has 1 aromatic rings. The van der Waals surface area contributed by atoms with Crippen molar-refractivity contribution in [1.29, 1.82) is 0 Å². The maximum Gasteiger partial charge on any atom is 0.258 e. The van der Waals surface area contributed by atoms with E-state index in [0.29, 0.717) is 13.1 Å². The zero-order chi connectivity index (χ0) is 17.7. The van der Waals surface area contributed by atoms with E-state index in [1.807, 2.05) is 13.8 Å². The Morgan fingerprint density at radius 3 is 2.62 bits per heavy atom. The lowest BCUT2D eigenvalue weighted by Crippen LogP contribution is -2.35. The van der Waals surface area contributed by atoms with Crippen LogP contribution in [-0.4, -0.2) is 44.4 Å². The van der Waals surface area contributed by atoms with Crippen molar-refractivity contribution in [1.82, 2.24) is 9.62 Å². The van der Waals surface area contributed by atoms with Gasteiger partial charge in [0, 0.05) is 19.1 Å². The van der Waals surface area contributed by atoms with Gasteiger partial charge in [0.05, 0.1) is 9.92 Å². The third kappa shape index (κ3) is 4.62. The van der Waals surface area contributed by atoms with Crippen LogP contribution in [0.4, 0.5) is 0 Å². The molecule has 0 unspecified atom stereocenters. The van der Waals surface area contributed by atoms with Crippen LogP contribution in [-0.2, 0) is 14.8 Å². The van der Waals surface area contributed by atoms with E-state index in [4.69, 9.17) is 16.3 Å². The maximum absolute atomic E-state index is 12.5. The lowest BCUT2D eigenvalue weighted by Gasteiger charge is -2.16. The quantitative estimate of drug-likeness (QED) is 0.795. The van der Waals surface area contributed by atoms with Crippen LogP contribution in [0.2, 0.25) is 5.02 Å². The van der Waals surface area contributed by atoms with Gasteiger partial charge in [0.25, 0.3) is 5.91 Å². The van der Waals surface area contributed by atoms with E-state index in [-0.39, 0.29) is 34.2 Å². The van der Waals surface area contributed by atoms with Crippen LogP contribution in [0, 0.1) is 0 Å². The Labute approximate surface area is 148 Å². The fourth-order valence-corrected chi connectivity index (χ4v) is 4.24. The number of rotatable bonds is 7. The third-order valence-electron chi connectivity index (χ3n) is 3.98. The molecule has 1 fully saturated rings. The summed E-state index contributed by atoms with van der Waals surface area (Å²) >= 11 is 6.12. The van der Waals surface area contributed by atoms with E-state index in [9.17, 15) is 13.2 Å². The number of nitrogens with zero attached hydrogens (tertiary/aromatic N) is 1. The van der Waals surface area contributed by atoms with Crippen LogP contribution in [0.3, 0.4) is 0 Å². The summed E-state index contributed by atoms with van der Waals surface area (Å²) in [5, 5.41) is 2.96. The van der Waals surface area contributed by atoms with Gasteiger partial charge < -0.3 is 10.1 Å². The Bertz CT molecular complexity index is 687. The minimum absolute atomic E-state index is 0.0737. The molecule has 1 aliphatic heterocycles. The van der Waals surface area contributed by atoms with Gasteiger partial charge in [0.2, 0.25) is 10.0 Å². The van der Waals surface area contributed by atoms with Crippen LogP contribution < -0.4 is 10.1 Å². The number of carbonyl (C=O) groups is 1. The van der Waals surface area contributed by atoms with Gasteiger partial charge in [0.1, 0.15) is 5.75 Å². The minimum atomic E-state index is -3.51. The van der Waals surface area contributed by atoms with E-state index in [1.54, 1.807) is 0 Å². The van der Waals surface area contributed by atoms with Crippen molar-refractivity contribution < 1.29 is 17.9 Å². The molecule has 2 rings (SSSR count). The lowest BCUT2D eigenvalue weighted by atomic mass is 10.2. The van der Waals surface area contributed by atoms with Crippen LogP contribution in [0.1, 0.15) is 33.1 Å². The van der Waals surface area contributed by atoms with Crippen LogP contribution in [0.15, 0.2) is 23.1 Å². The summed E-state index contributed by atoms with van der Waals surface area (Å²) in [6.07, 6.45) is 2.58. The third-order valence-corrected chi connectivity index (χ3v) is 6.17. The molecule has 1 aliphatic rings. The molecular formula is C16H23ClN2O4S. The van der Waals surface area contributed by atoms with Gasteiger partial charge in [-0.15, -0.1) is 0 Å². The molecule has 134 valence electrons. The fraction of sp³-hybridized carbons (Fsp3) is 0.562. The van der Waals surface area contributed by atoms with Gasteiger partial charge in [-0.1, -0.05) is 18.5 Å². The number of carbonyl (C=O) groups excluding carboxylic acids is 1. The molecule has 0 spiro atoms. The Kier molecular flexibility index (Phi) is 6.48. The summed E-state index contributed by atoms with van der Waals surface area (Å²) in [4.78, 5) is 11.9. The van der Waals surface area contributed by atoms with Crippen molar-refractivity contribution in [3.63, 3.8) is 0 Å². The molecule has 24 heavy (non-hydrogen) atoms. The molecule has 1 N–H and O–H groups in total. The van der Waals surface area contributed by atoms with Crippen LogP contribution in [0.5, 0.6) is 5.75 Å². The number of nitrogens with one attached hydrogen (secondary N) is 1. The van der Waals surface area contributed by atoms with Gasteiger partial charge in [-0.05, 0) is 44.4 Å². The highest BCUT2D eigenvalue weighted by Crippen LogP contribution is 2.29. The second-order valence-corrected chi connectivity index (χ2v) is 8.21. The highest BCUT2D eigenvalue weighted by atomic mass is 35.5. The molecule has 0 aromatic heterocycles. The van der Waals surface area contributed by atoms with E-state index >= 15 is 0 Å². The molecule has 1 saturated heterocycles. The molecule has 0 radical (unpaired) electrons. The average molecular weight is 375 g/mol. The smallest absolute Gasteiger partial charge is 0.258 e. The zero-order valence-electron chi connectivity index (χ0n) is 13.9. The largest absolute Gasteiger partial charge is 0.482 e. The average Bonchev–Trinajstić information content (AvgIpc) is 3.08. The summed E-state index contributed by atoms with van der Waals surface area (Å²) in [5.41, 5.74) is 0. The molecule has 1 amide bonds. The molecule has 0 saturated carbocycles. The van der Waals surface area contributed by atoms with E-state index in [0.717, 1.165) is 19.3 Å². The highest BCUT2D eigenvalue weighted by molar-refractivity contribution is 7.89. The number of halogens is 1. The van der Waals surface area contributed by atoms with Crippen LogP contribution in [0.25, 0.3) is 0 Å². The van der Waals surface area contributed by atoms with Crippen molar-refractivity contribution in [3.8, 4) is 5.75 Å². The molecule has 1 aromatic carbocycles. The van der Waals surface area contributed by atoms with Gasteiger partial charge in [-0.25, -0.2) is 8.42 Å². The normalized spacial score (nSPS) is 16.8. The number of amides is 1. The Balaban J connectivity index is 2.03. The summed E-state index contributed by atoms with van der Waals surface area (Å²) in [7, 11) is -3.51. The second kappa shape index (κ2) is 8.18. The first-order valence-electron chi connectivity index (χ1n) is 8.06. The zero-order valence-corrected chi connectivity index (χ0v) is 15.5. The molecular weight excluding hydrogens is 352 g/mol. The lowest BCUT2D eigenvalue weighted by molar-refractivity contribution is -0.123. The van der Waals surface area contributed by atoms with E-state index in [2.05, 4.69) is 5.32 Å². The molecule has 1 heterocycles. The Morgan fingerprint density at radius 1 is 1.38 bits per heavy atom. The monoisotopic (exact) mass is 374 g/mol. The van der Waals surface area contributed by atoms with Crippen molar-refractivity contribution in [2.24, 2.45) is 0 Å². The number of hydrogen-bond donors (Lipinski definition) is 1. The predicted molar refractivity (Wildman–Crippen MR) is 92.8 cm³/mol. The summed E-state index contributed by atoms with van der Waals surface area (Å²) in [5.74, 6) is 0.0468. The highest BCUT2D eigenvalue weighted by Gasteiger charge is 2.27. The van der Waals surface area contributed by atoms with Crippen molar-refractivity contribution in [2.45, 2.75) is 44.0 Å². The van der Waals surface area contributed by atoms with Crippen molar-refractivity contribution in [3.05, 3.63) is 23.2 Å². The number of hydrogen-bond acceptors (Lipinski definition) is 4. The number of ether oxygens (including phenoxy) is 1. The molecule has 0 bridgehead atoms. The first-order valence-corrected chi connectivity index (χ1v) is 9.88. The van der Waals surface area contributed by atoms with E-state index < -0.39 is 10.0 Å². The maximum atomic E-state index is 12.5. The summed E-state index contributed by atoms with van der Waals surface area (Å²) < 4.78 is 31.8. The minimum Gasteiger partial charge on any atom is -0.482 e. The number of sulfonamides is 1. The molecule has 1 atom stereocenters. The fourth-order valence-electron chi connectivity index (χ4n) is 2.40. The standard InChI is InChI=1S/C16H23ClN2O4S/c1-3-12(2)18-16(20)11-23-15-7-6-13(10-14(15)17)24(21,22)19-8-4-5-9-19/h6-7,10,12H,3-5,8-9,11H2,1-2H3,(H,18,20)/t12-/m1/s1. The molecule has 6 nitrogen and oxygen atoms in total. The summed E-state index contributed by atoms with van der Waals surface area (Å²) in [6, 6.07) is 4.39.